The Bertz CT molecular complexity index is 791. The lowest BCUT2D eigenvalue weighted by atomic mass is 10.2. The zero-order valence-corrected chi connectivity index (χ0v) is 11.5. The van der Waals surface area contributed by atoms with Crippen molar-refractivity contribution in [2.75, 3.05) is 6.54 Å². The average molecular weight is 299 g/mol. The third kappa shape index (κ3) is 2.00. The molecule has 6 heteroatoms. The van der Waals surface area contributed by atoms with Crippen molar-refractivity contribution in [1.29, 1.82) is 0 Å². The number of halogens is 2. The summed E-state index contributed by atoms with van der Waals surface area (Å²) < 4.78 is 2.35. The molecule has 0 saturated carbocycles. The maximum absolute atomic E-state index is 12.1. The van der Waals surface area contributed by atoms with Crippen LogP contribution in [0.4, 0.5) is 0 Å². The van der Waals surface area contributed by atoms with Gasteiger partial charge in [-0.2, -0.15) is 0 Å². The molecule has 0 bridgehead atoms. The fraction of sp³-hybridized carbons (Fsp3) is 0.167. The molecule has 1 aromatic carbocycles. The van der Waals surface area contributed by atoms with E-state index >= 15 is 0 Å². The molecule has 0 N–H and O–H groups in total. The second kappa shape index (κ2) is 4.53. The molecule has 0 unspecified atom stereocenters. The number of aromatic nitrogens is 1. The van der Waals surface area contributed by atoms with Crippen LogP contribution >= 0.6 is 34.5 Å². The van der Waals surface area contributed by atoms with Crippen molar-refractivity contribution in [3.8, 4) is 0 Å². The van der Waals surface area contributed by atoms with Gasteiger partial charge in [-0.05, 0) is 23.8 Å². The molecule has 3 nitrogen and oxygen atoms in total. The summed E-state index contributed by atoms with van der Waals surface area (Å²) in [5.74, 6) is 0. The Morgan fingerprint density at radius 2 is 2.22 bits per heavy atom. The highest BCUT2D eigenvalue weighted by atomic mass is 35.5. The Kier molecular flexibility index (Phi) is 3.01. The molecule has 0 fully saturated rings. The number of hydrogen-bond acceptors (Lipinski definition) is 3. The smallest absolute Gasteiger partial charge is 0.270 e. The monoisotopic (exact) mass is 298 g/mol. The van der Waals surface area contributed by atoms with E-state index in [0.717, 1.165) is 10.4 Å². The normalized spacial score (nSPS) is 14.7. The highest BCUT2D eigenvalue weighted by molar-refractivity contribution is 7.07. The maximum Gasteiger partial charge on any atom is 0.270 e. The molecule has 0 atom stereocenters. The van der Waals surface area contributed by atoms with Crippen molar-refractivity contribution in [2.24, 2.45) is 4.99 Å². The Balaban J connectivity index is 2.21. The van der Waals surface area contributed by atoms with Gasteiger partial charge in [0.15, 0.2) is 4.80 Å². The summed E-state index contributed by atoms with van der Waals surface area (Å²) >= 11 is 13.3. The third-order valence-electron chi connectivity index (χ3n) is 2.71. The first-order chi connectivity index (χ1) is 8.65. The molecular weight excluding hydrogens is 291 g/mol. The lowest BCUT2D eigenvalue weighted by molar-refractivity contribution is 0.740. The van der Waals surface area contributed by atoms with Crippen LogP contribution in [0.5, 0.6) is 0 Å². The van der Waals surface area contributed by atoms with Crippen LogP contribution in [0.15, 0.2) is 28.0 Å². The average Bonchev–Trinajstić information content (AvgIpc) is 2.88. The van der Waals surface area contributed by atoms with Crippen molar-refractivity contribution in [1.82, 2.24) is 4.57 Å². The number of rotatable bonds is 1. The Labute approximate surface area is 117 Å². The minimum Gasteiger partial charge on any atom is -0.282 e. The van der Waals surface area contributed by atoms with Gasteiger partial charge < -0.3 is 0 Å². The van der Waals surface area contributed by atoms with Crippen LogP contribution in [-0.4, -0.2) is 11.1 Å². The van der Waals surface area contributed by atoms with Crippen LogP contribution < -0.4 is 14.9 Å². The first kappa shape index (κ1) is 12.0. The lowest BCUT2D eigenvalue weighted by Gasteiger charge is -1.97. The largest absolute Gasteiger partial charge is 0.282 e. The molecule has 92 valence electrons. The van der Waals surface area contributed by atoms with E-state index in [1.54, 1.807) is 28.8 Å². The predicted molar refractivity (Wildman–Crippen MR) is 74.3 cm³/mol. The first-order valence-corrected chi connectivity index (χ1v) is 6.93. The van der Waals surface area contributed by atoms with E-state index in [1.807, 2.05) is 0 Å². The number of thiazole rings is 1. The van der Waals surface area contributed by atoms with Gasteiger partial charge in [0, 0.05) is 16.6 Å². The molecule has 0 spiro atoms. The standard InChI is InChI=1S/C12H8Cl2N2OS/c13-8-2-1-7(9(14)6-8)5-10-11(17)16-4-3-15-12(16)18-10/h1-2,5-6H,3-4H2. The lowest BCUT2D eigenvalue weighted by Crippen LogP contribution is -2.29. The van der Waals surface area contributed by atoms with Gasteiger partial charge in [0.05, 0.1) is 11.1 Å². The minimum absolute atomic E-state index is 0.00210. The van der Waals surface area contributed by atoms with Crippen LogP contribution in [0.3, 0.4) is 0 Å². The topological polar surface area (TPSA) is 34.4 Å². The maximum atomic E-state index is 12.1. The molecule has 1 aliphatic heterocycles. The van der Waals surface area contributed by atoms with Crippen molar-refractivity contribution >= 4 is 40.6 Å². The SMILES string of the molecule is O=c1c(=Cc2ccc(Cl)cc2Cl)sc2n1CCN=2. The van der Waals surface area contributed by atoms with E-state index in [1.165, 1.54) is 11.3 Å². The molecule has 18 heavy (non-hydrogen) atoms. The molecule has 3 rings (SSSR count). The number of benzene rings is 1. The number of fused-ring (bicyclic) bond motifs is 1. The summed E-state index contributed by atoms with van der Waals surface area (Å²) in [4.78, 5) is 17.1. The van der Waals surface area contributed by atoms with Gasteiger partial charge in [0.2, 0.25) is 0 Å². The van der Waals surface area contributed by atoms with Crippen molar-refractivity contribution in [3.63, 3.8) is 0 Å². The zero-order chi connectivity index (χ0) is 12.7. The predicted octanol–water partition coefficient (Wildman–Crippen LogP) is 1.68. The van der Waals surface area contributed by atoms with Gasteiger partial charge in [0.1, 0.15) is 0 Å². The van der Waals surface area contributed by atoms with Crippen molar-refractivity contribution < 1.29 is 0 Å². The third-order valence-corrected chi connectivity index (χ3v) is 4.31. The van der Waals surface area contributed by atoms with Crippen LogP contribution in [0.2, 0.25) is 10.0 Å². The fourth-order valence-corrected chi connectivity index (χ4v) is 3.31. The first-order valence-electron chi connectivity index (χ1n) is 5.36. The molecule has 1 aromatic heterocycles. The Morgan fingerprint density at radius 1 is 1.39 bits per heavy atom. The highest BCUT2D eigenvalue weighted by Crippen LogP contribution is 2.21. The molecule has 1 aliphatic rings. The summed E-state index contributed by atoms with van der Waals surface area (Å²) in [6, 6.07) is 5.22. The molecule has 0 radical (unpaired) electrons. The number of nitrogens with zero attached hydrogens (tertiary/aromatic N) is 2. The fourth-order valence-electron chi connectivity index (χ4n) is 1.83. The van der Waals surface area contributed by atoms with Gasteiger partial charge >= 0.3 is 0 Å². The van der Waals surface area contributed by atoms with Gasteiger partial charge in [-0.15, -0.1) is 0 Å². The molecule has 0 aliphatic carbocycles. The highest BCUT2D eigenvalue weighted by Gasteiger charge is 2.09. The van der Waals surface area contributed by atoms with Crippen LogP contribution in [0.25, 0.3) is 6.08 Å². The molecular formula is C12H8Cl2N2OS. The van der Waals surface area contributed by atoms with E-state index < -0.39 is 0 Å². The zero-order valence-electron chi connectivity index (χ0n) is 9.19. The van der Waals surface area contributed by atoms with Crippen molar-refractivity contribution in [3.05, 3.63) is 53.5 Å². The van der Waals surface area contributed by atoms with E-state index in [4.69, 9.17) is 23.2 Å². The van der Waals surface area contributed by atoms with E-state index in [0.29, 0.717) is 27.7 Å². The van der Waals surface area contributed by atoms with E-state index in [-0.39, 0.29) is 5.56 Å². The van der Waals surface area contributed by atoms with Crippen LogP contribution in [-0.2, 0) is 6.54 Å². The summed E-state index contributed by atoms with van der Waals surface area (Å²) in [6.07, 6.45) is 1.78. The van der Waals surface area contributed by atoms with Gasteiger partial charge in [-0.1, -0.05) is 40.6 Å². The van der Waals surface area contributed by atoms with Gasteiger partial charge in [-0.25, -0.2) is 0 Å². The second-order valence-corrected chi connectivity index (χ2v) is 5.75. The molecule has 2 aromatic rings. The van der Waals surface area contributed by atoms with Crippen LogP contribution in [0.1, 0.15) is 5.56 Å². The molecule has 0 saturated heterocycles. The Morgan fingerprint density at radius 3 is 2.94 bits per heavy atom. The quantitative estimate of drug-likeness (QED) is 0.789. The summed E-state index contributed by atoms with van der Waals surface area (Å²) in [7, 11) is 0. The van der Waals surface area contributed by atoms with Gasteiger partial charge in [0.25, 0.3) is 5.56 Å². The second-order valence-electron chi connectivity index (χ2n) is 3.90. The van der Waals surface area contributed by atoms with Crippen LogP contribution in [0, 0.1) is 0 Å². The summed E-state index contributed by atoms with van der Waals surface area (Å²) in [5.41, 5.74) is 0.793. The molecule has 0 amide bonds. The number of hydrogen-bond donors (Lipinski definition) is 0. The Hall–Kier alpha value is -1.10. The van der Waals surface area contributed by atoms with E-state index in [9.17, 15) is 4.79 Å². The van der Waals surface area contributed by atoms with E-state index in [2.05, 4.69) is 4.99 Å². The minimum atomic E-state index is 0.00210. The molecule has 2 heterocycles. The van der Waals surface area contributed by atoms with Gasteiger partial charge in [-0.3, -0.25) is 14.4 Å². The summed E-state index contributed by atoms with van der Waals surface area (Å²) in [6.45, 7) is 1.37. The summed E-state index contributed by atoms with van der Waals surface area (Å²) in [5, 5.41) is 1.12. The van der Waals surface area contributed by atoms with Crippen molar-refractivity contribution in [2.45, 2.75) is 6.54 Å².